The van der Waals surface area contributed by atoms with E-state index in [1.165, 1.54) is 17.0 Å². The summed E-state index contributed by atoms with van der Waals surface area (Å²) < 4.78 is 13.3. The van der Waals surface area contributed by atoms with Crippen LogP contribution in [0, 0.1) is 5.82 Å². The van der Waals surface area contributed by atoms with E-state index >= 15 is 0 Å². The van der Waals surface area contributed by atoms with E-state index in [-0.39, 0.29) is 11.7 Å². The fourth-order valence-corrected chi connectivity index (χ4v) is 4.20. The minimum Gasteiger partial charge on any atom is -0.368 e. The van der Waals surface area contributed by atoms with E-state index in [0.717, 1.165) is 12.8 Å². The Morgan fingerprint density at radius 3 is 2.38 bits per heavy atom. The normalized spacial score (nSPS) is 15.4. The van der Waals surface area contributed by atoms with Crippen LogP contribution in [0.3, 0.4) is 0 Å². The number of para-hydroxylation sites is 1. The third-order valence-electron chi connectivity index (χ3n) is 5.92. The number of aromatic nitrogens is 1. The largest absolute Gasteiger partial charge is 0.368 e. The number of benzene rings is 2. The Morgan fingerprint density at radius 1 is 1.07 bits per heavy atom. The summed E-state index contributed by atoms with van der Waals surface area (Å²) in [5.41, 5.74) is 7.14. The zero-order chi connectivity index (χ0) is 20.6. The number of hydrogen-bond acceptors (Lipinski definition) is 3. The number of nitrogens with zero attached hydrogens (tertiary/aromatic N) is 2. The lowest BCUT2D eigenvalue weighted by Crippen LogP contribution is -2.56. The second-order valence-corrected chi connectivity index (χ2v) is 7.55. The lowest BCUT2D eigenvalue weighted by atomic mass is 9.93. The summed E-state index contributed by atoms with van der Waals surface area (Å²) in [4.78, 5) is 31.9. The van der Waals surface area contributed by atoms with Gasteiger partial charge < -0.3 is 10.6 Å². The van der Waals surface area contributed by atoms with Gasteiger partial charge in [-0.15, -0.1) is 0 Å². The van der Waals surface area contributed by atoms with Gasteiger partial charge in [-0.2, -0.15) is 0 Å². The zero-order valence-electron chi connectivity index (χ0n) is 16.2. The maximum Gasteiger partial charge on any atom is 0.255 e. The maximum absolute atomic E-state index is 13.5. The minimum atomic E-state index is -0.961. The molecule has 2 amide bonds. The predicted molar refractivity (Wildman–Crippen MR) is 110 cm³/mol. The molecule has 29 heavy (non-hydrogen) atoms. The number of fused-ring (bicyclic) bond motifs is 1. The Kier molecular flexibility index (Phi) is 4.78. The van der Waals surface area contributed by atoms with E-state index in [4.69, 9.17) is 5.73 Å². The van der Waals surface area contributed by atoms with Gasteiger partial charge in [-0.3, -0.25) is 9.59 Å². The van der Waals surface area contributed by atoms with Crippen molar-refractivity contribution in [3.63, 3.8) is 0 Å². The van der Waals surface area contributed by atoms with Crippen molar-refractivity contribution in [1.82, 2.24) is 9.88 Å². The monoisotopic (exact) mass is 391 g/mol. The predicted octanol–water partition coefficient (Wildman–Crippen LogP) is 3.91. The number of halogens is 1. The fraction of sp³-hybridized carbons (Fsp3) is 0.261. The topological polar surface area (TPSA) is 76.3 Å². The third kappa shape index (κ3) is 3.24. The second-order valence-electron chi connectivity index (χ2n) is 7.55. The highest BCUT2D eigenvalue weighted by atomic mass is 19.1. The number of likely N-dealkylation sites (N-methyl/N-ethyl adjacent to an activating group) is 1. The van der Waals surface area contributed by atoms with Crippen molar-refractivity contribution >= 4 is 22.7 Å². The van der Waals surface area contributed by atoms with Crippen LogP contribution >= 0.6 is 0 Å². The fourth-order valence-electron chi connectivity index (χ4n) is 4.20. The van der Waals surface area contributed by atoms with Crippen LogP contribution in [0.15, 0.2) is 54.6 Å². The van der Waals surface area contributed by atoms with Crippen LogP contribution in [0.4, 0.5) is 4.39 Å². The molecule has 2 aromatic carbocycles. The molecule has 0 spiro atoms. The Labute approximate surface area is 168 Å². The summed E-state index contributed by atoms with van der Waals surface area (Å²) in [6, 6.07) is 15.1. The van der Waals surface area contributed by atoms with Crippen molar-refractivity contribution in [1.29, 1.82) is 0 Å². The first-order valence-corrected chi connectivity index (χ1v) is 9.66. The highest BCUT2D eigenvalue weighted by Crippen LogP contribution is 2.36. The van der Waals surface area contributed by atoms with Gasteiger partial charge in [-0.25, -0.2) is 9.37 Å². The lowest BCUT2D eigenvalue weighted by molar-refractivity contribution is -0.127. The van der Waals surface area contributed by atoms with Gasteiger partial charge in [0.1, 0.15) is 11.4 Å². The number of carbonyl (C=O) groups is 2. The number of amides is 2. The standard InChI is InChI=1S/C23H22FN3O2/c1-27(23(22(25)29)12-4-5-13-23)21(28)18-14-20(15-8-10-16(24)11-9-15)26-19-7-3-2-6-17(18)19/h2-3,6-11,14H,4-5,12-13H2,1H3,(H2,25,29). The van der Waals surface area contributed by atoms with Crippen LogP contribution < -0.4 is 5.73 Å². The van der Waals surface area contributed by atoms with Crippen LogP contribution in [0.25, 0.3) is 22.2 Å². The van der Waals surface area contributed by atoms with Crippen LogP contribution in [0.2, 0.25) is 0 Å². The van der Waals surface area contributed by atoms with E-state index in [9.17, 15) is 14.0 Å². The second kappa shape index (κ2) is 7.28. The van der Waals surface area contributed by atoms with Gasteiger partial charge in [0.2, 0.25) is 5.91 Å². The number of carbonyl (C=O) groups excluding carboxylic acids is 2. The smallest absolute Gasteiger partial charge is 0.255 e. The Morgan fingerprint density at radius 2 is 1.72 bits per heavy atom. The molecule has 1 fully saturated rings. The molecule has 0 radical (unpaired) electrons. The molecule has 0 bridgehead atoms. The molecule has 0 aliphatic heterocycles. The summed E-state index contributed by atoms with van der Waals surface area (Å²) in [7, 11) is 1.64. The molecule has 6 heteroatoms. The Bertz CT molecular complexity index is 1090. The van der Waals surface area contributed by atoms with Gasteiger partial charge in [0.05, 0.1) is 16.8 Å². The first kappa shape index (κ1) is 19.1. The molecule has 0 atom stereocenters. The van der Waals surface area contributed by atoms with Gasteiger partial charge in [0, 0.05) is 18.0 Å². The van der Waals surface area contributed by atoms with Gasteiger partial charge >= 0.3 is 0 Å². The van der Waals surface area contributed by atoms with E-state index in [2.05, 4.69) is 4.98 Å². The molecule has 1 aromatic heterocycles. The lowest BCUT2D eigenvalue weighted by Gasteiger charge is -2.36. The molecule has 3 aromatic rings. The molecule has 1 aliphatic rings. The summed E-state index contributed by atoms with van der Waals surface area (Å²) in [5, 5.41) is 0.702. The van der Waals surface area contributed by atoms with Crippen LogP contribution in [-0.2, 0) is 4.79 Å². The molecule has 2 N–H and O–H groups in total. The summed E-state index contributed by atoms with van der Waals surface area (Å²) in [5.74, 6) is -1.08. The first-order chi connectivity index (χ1) is 13.9. The van der Waals surface area contributed by atoms with Gasteiger partial charge in [0.25, 0.3) is 5.91 Å². The molecule has 0 unspecified atom stereocenters. The zero-order valence-corrected chi connectivity index (χ0v) is 16.2. The van der Waals surface area contributed by atoms with Crippen molar-refractivity contribution < 1.29 is 14.0 Å². The molecule has 4 rings (SSSR count). The van der Waals surface area contributed by atoms with Crippen molar-refractivity contribution in [2.75, 3.05) is 7.05 Å². The van der Waals surface area contributed by atoms with Crippen molar-refractivity contribution in [2.45, 2.75) is 31.2 Å². The van der Waals surface area contributed by atoms with Crippen molar-refractivity contribution in [3.05, 3.63) is 66.0 Å². The average Bonchev–Trinajstić information content (AvgIpc) is 3.24. The van der Waals surface area contributed by atoms with Crippen molar-refractivity contribution in [2.24, 2.45) is 5.73 Å². The average molecular weight is 391 g/mol. The minimum absolute atomic E-state index is 0.271. The molecular weight excluding hydrogens is 369 g/mol. The molecule has 1 aliphatic carbocycles. The van der Waals surface area contributed by atoms with E-state index in [1.807, 2.05) is 24.3 Å². The molecule has 148 valence electrons. The molecule has 0 saturated heterocycles. The summed E-state index contributed by atoms with van der Waals surface area (Å²) in [6.07, 6.45) is 2.85. The number of rotatable bonds is 4. The van der Waals surface area contributed by atoms with Gasteiger partial charge in [0.15, 0.2) is 0 Å². The number of pyridine rings is 1. The third-order valence-corrected chi connectivity index (χ3v) is 5.92. The number of hydrogen-bond donors (Lipinski definition) is 1. The molecule has 1 heterocycles. The summed E-state index contributed by atoms with van der Waals surface area (Å²) in [6.45, 7) is 0. The number of primary amides is 1. The van der Waals surface area contributed by atoms with Crippen LogP contribution in [0.5, 0.6) is 0 Å². The van der Waals surface area contributed by atoms with Crippen LogP contribution in [-0.4, -0.2) is 34.3 Å². The van der Waals surface area contributed by atoms with Crippen molar-refractivity contribution in [3.8, 4) is 11.3 Å². The molecule has 1 saturated carbocycles. The highest BCUT2D eigenvalue weighted by Gasteiger charge is 2.45. The Balaban J connectivity index is 1.84. The van der Waals surface area contributed by atoms with E-state index < -0.39 is 11.4 Å². The highest BCUT2D eigenvalue weighted by molar-refractivity contribution is 6.08. The van der Waals surface area contributed by atoms with E-state index in [1.54, 1.807) is 25.2 Å². The SMILES string of the molecule is CN(C(=O)c1cc(-c2ccc(F)cc2)nc2ccccc12)C1(C(N)=O)CCCC1. The molecular formula is C23H22FN3O2. The van der Waals surface area contributed by atoms with E-state index in [0.29, 0.717) is 40.6 Å². The summed E-state index contributed by atoms with van der Waals surface area (Å²) >= 11 is 0. The molecule has 5 nitrogen and oxygen atoms in total. The number of nitrogens with two attached hydrogens (primary N) is 1. The van der Waals surface area contributed by atoms with Crippen LogP contribution in [0.1, 0.15) is 36.0 Å². The quantitative estimate of drug-likeness (QED) is 0.733. The van der Waals surface area contributed by atoms with Gasteiger partial charge in [-0.1, -0.05) is 31.0 Å². The Hall–Kier alpha value is -3.28. The maximum atomic E-state index is 13.5. The first-order valence-electron chi connectivity index (χ1n) is 9.66. The van der Waals surface area contributed by atoms with Gasteiger partial charge in [-0.05, 0) is 49.2 Å².